The van der Waals surface area contributed by atoms with Crippen LogP contribution in [0.1, 0.15) is 16.8 Å². The number of hydrogen-bond donors (Lipinski definition) is 1. The molecule has 96 valence electrons. The van der Waals surface area contributed by atoms with E-state index in [4.69, 9.17) is 5.11 Å². The zero-order chi connectivity index (χ0) is 13.3. The van der Waals surface area contributed by atoms with Gasteiger partial charge in [-0.1, -0.05) is 6.07 Å². The molecule has 0 aliphatic carbocycles. The van der Waals surface area contributed by atoms with E-state index in [1.807, 2.05) is 0 Å². The Kier molecular flexibility index (Phi) is 3.27. The molecule has 1 aromatic carbocycles. The maximum Gasteiger partial charge on any atom is 0.303 e. The number of carboxylic acid groups (broad SMARTS) is 1. The number of hydrogen-bond acceptors (Lipinski definition) is 2. The van der Waals surface area contributed by atoms with Gasteiger partial charge >= 0.3 is 5.97 Å². The average Bonchev–Trinajstić information content (AvgIpc) is 2.25. The highest BCUT2D eigenvalue weighted by atomic mass is 19.2. The molecule has 1 heterocycles. The summed E-state index contributed by atoms with van der Waals surface area (Å²) in [5, 5.41) is 8.56. The molecule has 0 bridgehead atoms. The Balaban J connectivity index is 2.02. The van der Waals surface area contributed by atoms with Crippen molar-refractivity contribution in [2.24, 2.45) is 5.92 Å². The molecule has 4 nitrogen and oxygen atoms in total. The van der Waals surface area contributed by atoms with E-state index in [1.54, 1.807) is 0 Å². The van der Waals surface area contributed by atoms with Gasteiger partial charge in [0.2, 0.25) is 0 Å². The fourth-order valence-electron chi connectivity index (χ4n) is 1.95. The molecule has 0 atom stereocenters. The molecular weight excluding hydrogens is 244 g/mol. The van der Waals surface area contributed by atoms with Crippen molar-refractivity contribution in [1.82, 2.24) is 4.90 Å². The van der Waals surface area contributed by atoms with Crippen molar-refractivity contribution in [3.63, 3.8) is 0 Å². The van der Waals surface area contributed by atoms with Gasteiger partial charge in [0.05, 0.1) is 12.0 Å². The molecule has 6 heteroatoms. The summed E-state index contributed by atoms with van der Waals surface area (Å²) in [5.41, 5.74) is -0.316. The lowest BCUT2D eigenvalue weighted by Crippen LogP contribution is -2.50. The second-order valence-electron chi connectivity index (χ2n) is 4.28. The third-order valence-corrected chi connectivity index (χ3v) is 2.89. The minimum atomic E-state index is -1.16. The van der Waals surface area contributed by atoms with Gasteiger partial charge in [0.1, 0.15) is 0 Å². The predicted octanol–water partition coefficient (Wildman–Crippen LogP) is 1.51. The van der Waals surface area contributed by atoms with E-state index in [-0.39, 0.29) is 31.0 Å². The molecule has 0 aromatic heterocycles. The van der Waals surface area contributed by atoms with Crippen LogP contribution in [0.4, 0.5) is 8.78 Å². The van der Waals surface area contributed by atoms with Gasteiger partial charge in [0.25, 0.3) is 5.91 Å². The molecule has 1 N–H and O–H groups in total. The first-order valence-electron chi connectivity index (χ1n) is 5.44. The van der Waals surface area contributed by atoms with Gasteiger partial charge in [-0.15, -0.1) is 0 Å². The Morgan fingerprint density at radius 3 is 2.61 bits per heavy atom. The van der Waals surface area contributed by atoms with E-state index < -0.39 is 23.5 Å². The number of carbonyl (C=O) groups excluding carboxylic acids is 1. The maximum atomic E-state index is 13.4. The first-order chi connectivity index (χ1) is 8.49. The fourth-order valence-corrected chi connectivity index (χ4v) is 1.95. The molecule has 0 radical (unpaired) electrons. The summed E-state index contributed by atoms with van der Waals surface area (Å²) in [4.78, 5) is 23.5. The smallest absolute Gasteiger partial charge is 0.303 e. The summed E-state index contributed by atoms with van der Waals surface area (Å²) < 4.78 is 26.3. The highest BCUT2D eigenvalue weighted by molar-refractivity contribution is 5.95. The summed E-state index contributed by atoms with van der Waals surface area (Å²) in [6.45, 7) is 0.530. The topological polar surface area (TPSA) is 57.6 Å². The number of rotatable bonds is 3. The highest BCUT2D eigenvalue weighted by Gasteiger charge is 2.33. The number of nitrogens with zero attached hydrogens (tertiary/aromatic N) is 1. The Morgan fingerprint density at radius 2 is 2.00 bits per heavy atom. The van der Waals surface area contributed by atoms with Crippen LogP contribution in [0.5, 0.6) is 0 Å². The lowest BCUT2D eigenvalue weighted by atomic mass is 9.95. The monoisotopic (exact) mass is 255 g/mol. The molecule has 1 aliphatic rings. The Morgan fingerprint density at radius 1 is 1.33 bits per heavy atom. The lowest BCUT2D eigenvalue weighted by Gasteiger charge is -2.38. The first kappa shape index (κ1) is 12.5. The number of carboxylic acids is 1. The number of aliphatic carboxylic acids is 1. The van der Waals surface area contributed by atoms with Crippen LogP contribution < -0.4 is 0 Å². The van der Waals surface area contributed by atoms with Crippen LogP contribution in [0.25, 0.3) is 0 Å². The van der Waals surface area contributed by atoms with Crippen molar-refractivity contribution in [1.29, 1.82) is 0 Å². The second kappa shape index (κ2) is 4.72. The van der Waals surface area contributed by atoms with Crippen LogP contribution in [0.15, 0.2) is 18.2 Å². The van der Waals surface area contributed by atoms with Gasteiger partial charge in [0, 0.05) is 19.0 Å². The third kappa shape index (κ3) is 2.32. The molecule has 18 heavy (non-hydrogen) atoms. The van der Waals surface area contributed by atoms with E-state index in [0.29, 0.717) is 0 Å². The van der Waals surface area contributed by atoms with Crippen molar-refractivity contribution in [2.75, 3.05) is 13.1 Å². The molecule has 1 saturated heterocycles. The van der Waals surface area contributed by atoms with Gasteiger partial charge in [-0.3, -0.25) is 9.59 Å². The van der Waals surface area contributed by atoms with E-state index in [9.17, 15) is 18.4 Å². The van der Waals surface area contributed by atoms with Crippen molar-refractivity contribution >= 4 is 11.9 Å². The van der Waals surface area contributed by atoms with Crippen molar-refractivity contribution in [2.45, 2.75) is 6.42 Å². The van der Waals surface area contributed by atoms with Crippen LogP contribution in [0, 0.1) is 17.6 Å². The summed E-state index contributed by atoms with van der Waals surface area (Å²) in [5.74, 6) is -3.87. The average molecular weight is 255 g/mol. The van der Waals surface area contributed by atoms with Crippen molar-refractivity contribution < 1.29 is 23.5 Å². The number of carbonyl (C=O) groups is 2. The van der Waals surface area contributed by atoms with E-state index in [1.165, 1.54) is 17.0 Å². The standard InChI is InChI=1S/C12H11F2NO3/c13-9-3-1-2-8(11(9)14)12(18)15-5-7(6-15)4-10(16)17/h1-3,7H,4-6H2,(H,16,17). The highest BCUT2D eigenvalue weighted by Crippen LogP contribution is 2.23. The minimum absolute atomic E-state index is 0.0184. The summed E-state index contributed by atoms with van der Waals surface area (Å²) in [7, 11) is 0. The normalized spacial score (nSPS) is 15.3. The zero-order valence-corrected chi connectivity index (χ0v) is 9.40. The summed E-state index contributed by atoms with van der Waals surface area (Å²) >= 11 is 0. The molecular formula is C12H11F2NO3. The number of benzene rings is 1. The Bertz CT molecular complexity index is 498. The number of amides is 1. The zero-order valence-electron chi connectivity index (χ0n) is 9.40. The molecule has 1 aliphatic heterocycles. The van der Waals surface area contributed by atoms with Gasteiger partial charge in [-0.25, -0.2) is 8.78 Å². The van der Waals surface area contributed by atoms with Crippen molar-refractivity contribution in [3.8, 4) is 0 Å². The SMILES string of the molecule is O=C(O)CC1CN(C(=O)c2cccc(F)c2F)C1. The molecule has 2 rings (SSSR count). The Labute approximate surface area is 102 Å². The summed E-state index contributed by atoms with van der Waals surface area (Å²) in [6.07, 6.45) is -0.0184. The number of likely N-dealkylation sites (tertiary alicyclic amines) is 1. The van der Waals surface area contributed by atoms with Crippen molar-refractivity contribution in [3.05, 3.63) is 35.4 Å². The van der Waals surface area contributed by atoms with Crippen LogP contribution in [-0.2, 0) is 4.79 Å². The minimum Gasteiger partial charge on any atom is -0.481 e. The van der Waals surface area contributed by atoms with Crippen LogP contribution in [-0.4, -0.2) is 35.0 Å². The predicted molar refractivity (Wildman–Crippen MR) is 58.0 cm³/mol. The van der Waals surface area contributed by atoms with E-state index in [0.717, 1.165) is 6.07 Å². The third-order valence-electron chi connectivity index (χ3n) is 2.89. The van der Waals surface area contributed by atoms with E-state index >= 15 is 0 Å². The fraction of sp³-hybridized carbons (Fsp3) is 0.333. The van der Waals surface area contributed by atoms with Gasteiger partial charge < -0.3 is 10.0 Å². The molecule has 0 spiro atoms. The molecule has 1 amide bonds. The van der Waals surface area contributed by atoms with Gasteiger partial charge in [-0.05, 0) is 12.1 Å². The molecule has 1 aromatic rings. The molecule has 0 saturated carbocycles. The quantitative estimate of drug-likeness (QED) is 0.890. The van der Waals surface area contributed by atoms with Crippen LogP contribution in [0.3, 0.4) is 0 Å². The maximum absolute atomic E-state index is 13.4. The Hall–Kier alpha value is -1.98. The summed E-state index contributed by atoms with van der Waals surface area (Å²) in [6, 6.07) is 3.42. The van der Waals surface area contributed by atoms with Gasteiger partial charge in [0.15, 0.2) is 11.6 Å². The van der Waals surface area contributed by atoms with Crippen LogP contribution >= 0.6 is 0 Å². The molecule has 1 fully saturated rings. The van der Waals surface area contributed by atoms with Gasteiger partial charge in [-0.2, -0.15) is 0 Å². The first-order valence-corrected chi connectivity index (χ1v) is 5.44. The number of halogens is 2. The van der Waals surface area contributed by atoms with E-state index in [2.05, 4.69) is 0 Å². The lowest BCUT2D eigenvalue weighted by molar-refractivity contribution is -0.139. The molecule has 0 unspecified atom stereocenters. The second-order valence-corrected chi connectivity index (χ2v) is 4.28. The largest absolute Gasteiger partial charge is 0.481 e. The van der Waals surface area contributed by atoms with Crippen LogP contribution in [0.2, 0.25) is 0 Å².